The molecule has 0 unspecified atom stereocenters. The van der Waals surface area contributed by atoms with Crippen molar-refractivity contribution in [3.63, 3.8) is 0 Å². The van der Waals surface area contributed by atoms with Crippen molar-refractivity contribution >= 4 is 57.7 Å². The summed E-state index contributed by atoms with van der Waals surface area (Å²) in [6.07, 6.45) is 1.25. The zero-order chi connectivity index (χ0) is 19.7. The molecule has 0 saturated carbocycles. The molecule has 2 amide bonds. The highest BCUT2D eigenvalue weighted by Gasteiger charge is 2.22. The van der Waals surface area contributed by atoms with E-state index >= 15 is 0 Å². The number of amides is 2. The minimum absolute atomic E-state index is 0.0267. The van der Waals surface area contributed by atoms with Crippen molar-refractivity contribution < 1.29 is 9.59 Å². The molecule has 0 aliphatic heterocycles. The van der Waals surface area contributed by atoms with E-state index in [4.69, 9.17) is 23.2 Å². The number of hydrogen-bond acceptors (Lipinski definition) is 4. The van der Waals surface area contributed by atoms with Crippen LogP contribution in [-0.4, -0.2) is 31.8 Å². The molecule has 8 nitrogen and oxygen atoms in total. The first-order valence-electron chi connectivity index (χ1n) is 8.08. The lowest BCUT2D eigenvalue weighted by atomic mass is 10.2. The molecule has 0 aliphatic rings. The summed E-state index contributed by atoms with van der Waals surface area (Å²) in [5.74, 6) is -0.959. The largest absolute Gasteiger partial charge is 0.340 e. The summed E-state index contributed by atoms with van der Waals surface area (Å²) in [5, 5.41) is 5.72. The van der Waals surface area contributed by atoms with Crippen molar-refractivity contribution in [1.29, 1.82) is 0 Å². The molecule has 0 aliphatic carbocycles. The predicted octanol–water partition coefficient (Wildman–Crippen LogP) is 4.10. The maximum absolute atomic E-state index is 12.6. The number of halogens is 2. The van der Waals surface area contributed by atoms with Gasteiger partial charge in [0.1, 0.15) is 5.69 Å². The molecule has 2 heterocycles. The van der Waals surface area contributed by atoms with Crippen molar-refractivity contribution in [2.75, 3.05) is 10.6 Å². The van der Waals surface area contributed by atoms with E-state index in [0.29, 0.717) is 5.52 Å². The summed E-state index contributed by atoms with van der Waals surface area (Å²) in [7, 11) is 0. The minimum Gasteiger partial charge on any atom is -0.340 e. The van der Waals surface area contributed by atoms with Crippen LogP contribution in [0, 0.1) is 0 Å². The molecule has 4 N–H and O–H groups in total. The second-order valence-electron chi connectivity index (χ2n) is 5.73. The van der Waals surface area contributed by atoms with E-state index in [1.165, 1.54) is 6.33 Å². The van der Waals surface area contributed by atoms with Crippen LogP contribution in [0.1, 0.15) is 21.0 Å². The molecule has 0 spiro atoms. The Labute approximate surface area is 168 Å². The number of imidazole rings is 2. The molecule has 0 bridgehead atoms. The fourth-order valence-electron chi connectivity index (χ4n) is 2.61. The molecule has 4 rings (SSSR count). The van der Waals surface area contributed by atoms with E-state index in [-0.39, 0.29) is 33.1 Å². The van der Waals surface area contributed by atoms with Gasteiger partial charge in [-0.1, -0.05) is 41.4 Å². The van der Waals surface area contributed by atoms with Gasteiger partial charge in [-0.2, -0.15) is 0 Å². The molecule has 28 heavy (non-hydrogen) atoms. The third kappa shape index (κ3) is 3.42. The maximum Gasteiger partial charge on any atom is 0.276 e. The van der Waals surface area contributed by atoms with Gasteiger partial charge in [-0.25, -0.2) is 9.97 Å². The molecule has 140 valence electrons. The minimum atomic E-state index is -0.633. The van der Waals surface area contributed by atoms with Crippen LogP contribution in [0.15, 0.2) is 48.8 Å². The summed E-state index contributed by atoms with van der Waals surface area (Å²) in [4.78, 5) is 39.0. The van der Waals surface area contributed by atoms with E-state index < -0.39 is 11.8 Å². The lowest BCUT2D eigenvalue weighted by molar-refractivity contribution is 0.0985. The summed E-state index contributed by atoms with van der Waals surface area (Å²) >= 11 is 12.1. The fraction of sp³-hybridized carbons (Fsp3) is 0. The highest BCUT2D eigenvalue weighted by Crippen LogP contribution is 2.30. The number of carbonyl (C=O) groups is 2. The summed E-state index contributed by atoms with van der Waals surface area (Å²) in [6, 6.07) is 12.2. The van der Waals surface area contributed by atoms with Gasteiger partial charge in [0.2, 0.25) is 5.95 Å². The maximum atomic E-state index is 12.6. The molecule has 10 heteroatoms. The zero-order valence-corrected chi connectivity index (χ0v) is 15.6. The number of nitrogens with one attached hydrogen (secondary N) is 4. The van der Waals surface area contributed by atoms with E-state index in [2.05, 4.69) is 30.6 Å². The third-order valence-corrected chi connectivity index (χ3v) is 4.53. The number of anilines is 2. The van der Waals surface area contributed by atoms with Gasteiger partial charge >= 0.3 is 0 Å². The first-order chi connectivity index (χ1) is 13.5. The number of aromatic amines is 2. The van der Waals surface area contributed by atoms with Crippen molar-refractivity contribution in [3.8, 4) is 0 Å². The highest BCUT2D eigenvalue weighted by atomic mass is 35.5. The third-order valence-electron chi connectivity index (χ3n) is 3.90. The van der Waals surface area contributed by atoms with Gasteiger partial charge < -0.3 is 15.3 Å². The first-order valence-corrected chi connectivity index (χ1v) is 8.83. The summed E-state index contributed by atoms with van der Waals surface area (Å²) < 4.78 is 0. The van der Waals surface area contributed by atoms with Crippen LogP contribution in [-0.2, 0) is 0 Å². The van der Waals surface area contributed by atoms with Crippen LogP contribution in [0.5, 0.6) is 0 Å². The van der Waals surface area contributed by atoms with Crippen LogP contribution in [0.2, 0.25) is 10.0 Å². The number of fused-ring (bicyclic) bond motifs is 1. The average molecular weight is 415 g/mol. The molecule has 0 saturated heterocycles. The Morgan fingerprint density at radius 3 is 2.43 bits per heavy atom. The molecule has 0 atom stereocenters. The standard InChI is InChI=1S/C18H12Cl2N6O2/c19-9-4-3-5-10(20)13(9)25-16(27)14-15(22-8-21-14)17(28)26-18-23-11-6-1-2-7-12(11)24-18/h1-8H,(H,21,22)(H,25,27)(H2,23,24,26,28). The normalized spacial score (nSPS) is 10.8. The Morgan fingerprint density at radius 1 is 0.929 bits per heavy atom. The summed E-state index contributed by atoms with van der Waals surface area (Å²) in [6.45, 7) is 0. The topological polar surface area (TPSA) is 116 Å². The van der Waals surface area contributed by atoms with E-state index in [9.17, 15) is 9.59 Å². The lowest BCUT2D eigenvalue weighted by Gasteiger charge is -2.08. The number of nitrogens with zero attached hydrogens (tertiary/aromatic N) is 2. The van der Waals surface area contributed by atoms with Crippen LogP contribution < -0.4 is 10.6 Å². The molecule has 2 aromatic heterocycles. The van der Waals surface area contributed by atoms with E-state index in [0.717, 1.165) is 5.52 Å². The average Bonchev–Trinajstić information content (AvgIpc) is 3.31. The van der Waals surface area contributed by atoms with Gasteiger partial charge in [-0.05, 0) is 24.3 Å². The Hall–Kier alpha value is -3.36. The van der Waals surface area contributed by atoms with Gasteiger partial charge in [0.25, 0.3) is 11.8 Å². The number of para-hydroxylation sites is 3. The van der Waals surface area contributed by atoms with Gasteiger partial charge in [0.05, 0.1) is 33.1 Å². The predicted molar refractivity (Wildman–Crippen MR) is 107 cm³/mol. The van der Waals surface area contributed by atoms with Crippen molar-refractivity contribution in [2.45, 2.75) is 0 Å². The van der Waals surface area contributed by atoms with Crippen molar-refractivity contribution in [2.24, 2.45) is 0 Å². The molecule has 0 fully saturated rings. The van der Waals surface area contributed by atoms with Crippen molar-refractivity contribution in [3.05, 3.63) is 70.2 Å². The van der Waals surface area contributed by atoms with Crippen LogP contribution in [0.25, 0.3) is 11.0 Å². The second kappa shape index (κ2) is 7.34. The quantitative estimate of drug-likeness (QED) is 0.402. The van der Waals surface area contributed by atoms with Crippen LogP contribution in [0.4, 0.5) is 11.6 Å². The number of rotatable bonds is 4. The Bertz CT molecular complexity index is 1150. The Morgan fingerprint density at radius 2 is 1.68 bits per heavy atom. The fourth-order valence-corrected chi connectivity index (χ4v) is 3.10. The SMILES string of the molecule is O=C(Nc1c(Cl)cccc1Cl)c1nc[nH]c1C(=O)Nc1nc2ccccc2[nH]1. The number of aromatic nitrogens is 4. The van der Waals surface area contributed by atoms with Gasteiger partial charge in [-0.15, -0.1) is 0 Å². The molecule has 2 aromatic carbocycles. The number of H-pyrrole nitrogens is 2. The Kier molecular flexibility index (Phi) is 4.72. The number of carbonyl (C=O) groups excluding carboxylic acids is 2. The van der Waals surface area contributed by atoms with Crippen molar-refractivity contribution in [1.82, 2.24) is 19.9 Å². The second-order valence-corrected chi connectivity index (χ2v) is 6.55. The molecule has 0 radical (unpaired) electrons. The van der Waals surface area contributed by atoms with Gasteiger partial charge in [0, 0.05) is 0 Å². The smallest absolute Gasteiger partial charge is 0.276 e. The molecule has 4 aromatic rings. The van der Waals surface area contributed by atoms with E-state index in [1.54, 1.807) is 18.2 Å². The van der Waals surface area contributed by atoms with Gasteiger partial charge in [-0.3, -0.25) is 14.9 Å². The van der Waals surface area contributed by atoms with Crippen LogP contribution >= 0.6 is 23.2 Å². The zero-order valence-electron chi connectivity index (χ0n) is 14.1. The summed E-state index contributed by atoms with van der Waals surface area (Å²) in [5.41, 5.74) is 1.58. The monoisotopic (exact) mass is 414 g/mol. The highest BCUT2D eigenvalue weighted by molar-refractivity contribution is 6.40. The number of hydrogen-bond donors (Lipinski definition) is 4. The van der Waals surface area contributed by atoms with Crippen LogP contribution in [0.3, 0.4) is 0 Å². The molecular formula is C18H12Cl2N6O2. The molecular weight excluding hydrogens is 403 g/mol. The number of benzene rings is 2. The van der Waals surface area contributed by atoms with Gasteiger partial charge in [0.15, 0.2) is 5.69 Å². The van der Waals surface area contributed by atoms with E-state index in [1.807, 2.05) is 24.3 Å². The first kappa shape index (κ1) is 18.0. The lowest BCUT2D eigenvalue weighted by Crippen LogP contribution is -2.21. The Balaban J connectivity index is 1.56.